The molecule has 0 heterocycles. The van der Waals surface area contributed by atoms with Gasteiger partial charge in [0.2, 0.25) is 0 Å². The Morgan fingerprint density at radius 3 is 2.88 bits per heavy atom. The van der Waals surface area contributed by atoms with Gasteiger partial charge in [-0.3, -0.25) is 0 Å². The molecule has 4 nitrogen and oxygen atoms in total. The Morgan fingerprint density at radius 2 is 2.50 bits per heavy atom. The molecule has 0 bridgehead atoms. The molecule has 0 aliphatic rings. The quantitative estimate of drug-likeness (QED) is 0.279. The van der Waals surface area contributed by atoms with Crippen molar-refractivity contribution >= 4 is 28.0 Å². The van der Waals surface area contributed by atoms with Gasteiger partial charge in [-0.25, -0.2) is 4.79 Å². The van der Waals surface area contributed by atoms with Gasteiger partial charge in [-0.05, 0) is 0 Å². The van der Waals surface area contributed by atoms with Crippen molar-refractivity contribution in [2.45, 2.75) is 0 Å². The lowest BCUT2D eigenvalue weighted by molar-refractivity contribution is 0.153. The third kappa shape index (κ3) is 5.46. The van der Waals surface area contributed by atoms with Gasteiger partial charge in [0.25, 0.3) is 0 Å². The molecule has 0 aliphatic carbocycles. The number of nitrogens with zero attached hydrogens (tertiary/aromatic N) is 1. The van der Waals surface area contributed by atoms with Crippen molar-refractivity contribution in [2.24, 2.45) is 0 Å². The summed E-state index contributed by atoms with van der Waals surface area (Å²) in [4.78, 5) is 9.51. The normalized spacial score (nSPS) is 7.38. The Bertz CT molecular complexity index is 119. The van der Waals surface area contributed by atoms with E-state index in [1.54, 1.807) is 5.40 Å². The molecule has 1 N–H and O–H groups in total. The third-order valence-corrected chi connectivity index (χ3v) is 1.16. The molecule has 0 aromatic carbocycles. The van der Waals surface area contributed by atoms with Crippen LogP contribution in [0.2, 0.25) is 0 Å². The van der Waals surface area contributed by atoms with Crippen LogP contribution in [0.15, 0.2) is 0 Å². The Kier molecular flexibility index (Phi) is 4.30. The van der Waals surface area contributed by atoms with Crippen molar-refractivity contribution < 1.29 is 14.1 Å². The second kappa shape index (κ2) is 4.61. The maximum Gasteiger partial charge on any atom is 0.519 e. The summed E-state index contributed by atoms with van der Waals surface area (Å²) in [5.74, 6) is 0. The van der Waals surface area contributed by atoms with Gasteiger partial charge in [0.05, 0.1) is 10.8 Å². The molecule has 0 saturated heterocycles. The molecule has 0 unspecified atom stereocenters. The second-order valence-electron chi connectivity index (χ2n) is 0.592. The van der Waals surface area contributed by atoms with Crippen molar-refractivity contribution in [1.82, 2.24) is 0 Å². The SMILES string of the molecule is N#CSSOC(=O)O. The largest absolute Gasteiger partial charge is 0.519 e. The van der Waals surface area contributed by atoms with Crippen LogP contribution in [0, 0.1) is 10.7 Å². The lowest BCUT2D eigenvalue weighted by Crippen LogP contribution is -1.88. The number of hydrogen-bond acceptors (Lipinski definition) is 5. The minimum atomic E-state index is -1.39. The van der Waals surface area contributed by atoms with Crippen LogP contribution < -0.4 is 0 Å². The fourth-order valence-corrected chi connectivity index (χ4v) is 0.552. The molecule has 0 amide bonds. The van der Waals surface area contributed by atoms with E-state index in [0.717, 1.165) is 0 Å². The lowest BCUT2D eigenvalue weighted by atomic mass is 11.5. The molecular weight excluding hydrogens is 150 g/mol. The zero-order valence-electron chi connectivity index (χ0n) is 3.53. The standard InChI is InChI=1S/C2HNO3S2/c3-1-7-8-6-2(4)5/h(H,4,5). The summed E-state index contributed by atoms with van der Waals surface area (Å²) >= 11 is 0.517. The number of nitriles is 1. The highest BCUT2D eigenvalue weighted by Gasteiger charge is 1.95. The van der Waals surface area contributed by atoms with Gasteiger partial charge < -0.3 is 9.29 Å². The van der Waals surface area contributed by atoms with Crippen LogP contribution in [0.3, 0.4) is 0 Å². The maximum atomic E-state index is 9.51. The Balaban J connectivity index is 2.97. The molecule has 0 radical (unpaired) electrons. The summed E-state index contributed by atoms with van der Waals surface area (Å²) in [5.41, 5.74) is 0. The minimum Gasteiger partial charge on any atom is -0.449 e. The van der Waals surface area contributed by atoms with Crippen molar-refractivity contribution in [3.63, 3.8) is 0 Å². The van der Waals surface area contributed by atoms with E-state index in [1.165, 1.54) is 0 Å². The zero-order chi connectivity index (χ0) is 6.41. The minimum absolute atomic E-state index is 0.517. The predicted octanol–water partition coefficient (Wildman–Crippen LogP) is 1.46. The summed E-state index contributed by atoms with van der Waals surface area (Å²) in [5, 5.41) is 17.2. The second-order valence-corrected chi connectivity index (χ2v) is 2.15. The van der Waals surface area contributed by atoms with Crippen molar-refractivity contribution in [1.29, 1.82) is 5.26 Å². The monoisotopic (exact) mass is 151 g/mol. The van der Waals surface area contributed by atoms with Gasteiger partial charge in [0.1, 0.15) is 16.5 Å². The summed E-state index contributed by atoms with van der Waals surface area (Å²) in [7, 11) is 0.656. The first-order valence-electron chi connectivity index (χ1n) is 1.39. The lowest BCUT2D eigenvalue weighted by Gasteiger charge is -1.86. The average Bonchev–Trinajstić information content (AvgIpc) is 1.66. The van der Waals surface area contributed by atoms with E-state index < -0.39 is 6.16 Å². The van der Waals surface area contributed by atoms with Crippen LogP contribution in [-0.2, 0) is 4.18 Å². The summed E-state index contributed by atoms with van der Waals surface area (Å²) in [6.45, 7) is 0. The number of carbonyl (C=O) groups is 1. The first-order valence-corrected chi connectivity index (χ1v) is 3.47. The van der Waals surface area contributed by atoms with Crippen molar-refractivity contribution in [2.75, 3.05) is 0 Å². The number of rotatable bonds is 2. The summed E-state index contributed by atoms with van der Waals surface area (Å²) in [6, 6.07) is 0. The fourth-order valence-electron chi connectivity index (χ4n) is 0.0613. The van der Waals surface area contributed by atoms with Crippen LogP contribution in [0.4, 0.5) is 4.79 Å². The predicted molar refractivity (Wildman–Crippen MR) is 29.9 cm³/mol. The molecule has 0 atom stereocenters. The van der Waals surface area contributed by atoms with Gasteiger partial charge in [-0.15, -0.1) is 0 Å². The van der Waals surface area contributed by atoms with E-state index in [0.29, 0.717) is 21.9 Å². The van der Waals surface area contributed by atoms with Gasteiger partial charge in [0.15, 0.2) is 0 Å². The Morgan fingerprint density at radius 1 is 1.88 bits per heavy atom. The molecule has 0 spiro atoms. The molecule has 0 fully saturated rings. The van der Waals surface area contributed by atoms with E-state index in [-0.39, 0.29) is 0 Å². The molecule has 0 aromatic heterocycles. The first kappa shape index (κ1) is 7.46. The molecule has 0 aromatic rings. The van der Waals surface area contributed by atoms with E-state index in [9.17, 15) is 4.79 Å². The van der Waals surface area contributed by atoms with E-state index >= 15 is 0 Å². The Hall–Kier alpha value is -0.540. The molecule has 6 heteroatoms. The smallest absolute Gasteiger partial charge is 0.449 e. The maximum absolute atomic E-state index is 9.51. The molecule has 44 valence electrons. The number of carboxylic acid groups (broad SMARTS) is 1. The van der Waals surface area contributed by atoms with Crippen molar-refractivity contribution in [3.05, 3.63) is 0 Å². The van der Waals surface area contributed by atoms with Crippen LogP contribution in [0.1, 0.15) is 0 Å². The zero-order valence-corrected chi connectivity index (χ0v) is 5.16. The molecule has 0 aliphatic heterocycles. The molecule has 0 rings (SSSR count). The third-order valence-electron chi connectivity index (χ3n) is 0.177. The van der Waals surface area contributed by atoms with Gasteiger partial charge in [-0.2, -0.15) is 5.26 Å². The van der Waals surface area contributed by atoms with Crippen LogP contribution in [-0.4, -0.2) is 11.3 Å². The molecular formula is C2HNO3S2. The van der Waals surface area contributed by atoms with E-state index in [1.807, 2.05) is 0 Å². The molecule has 0 saturated carbocycles. The van der Waals surface area contributed by atoms with Crippen LogP contribution in [0.5, 0.6) is 0 Å². The topological polar surface area (TPSA) is 70.3 Å². The number of thiocyanates is 1. The highest BCUT2D eigenvalue weighted by atomic mass is 33.1. The number of hydrogen-bond donors (Lipinski definition) is 1. The van der Waals surface area contributed by atoms with E-state index in [2.05, 4.69) is 4.18 Å². The highest BCUT2D eigenvalue weighted by Crippen LogP contribution is 2.19. The first-order chi connectivity index (χ1) is 3.77. The molecule has 8 heavy (non-hydrogen) atoms. The van der Waals surface area contributed by atoms with Gasteiger partial charge in [0, 0.05) is 0 Å². The summed E-state index contributed by atoms with van der Waals surface area (Å²) < 4.78 is 3.86. The Labute approximate surface area is 53.4 Å². The van der Waals surface area contributed by atoms with Gasteiger partial charge >= 0.3 is 6.16 Å². The van der Waals surface area contributed by atoms with Crippen LogP contribution >= 0.6 is 21.9 Å². The van der Waals surface area contributed by atoms with Crippen molar-refractivity contribution in [3.8, 4) is 5.40 Å². The van der Waals surface area contributed by atoms with Crippen LogP contribution in [0.25, 0.3) is 0 Å². The fraction of sp³-hybridized carbons (Fsp3) is 0. The van der Waals surface area contributed by atoms with Gasteiger partial charge in [-0.1, -0.05) is 0 Å². The average molecular weight is 151 g/mol. The highest BCUT2D eigenvalue weighted by molar-refractivity contribution is 8.76. The van der Waals surface area contributed by atoms with E-state index in [4.69, 9.17) is 10.4 Å². The summed E-state index contributed by atoms with van der Waals surface area (Å²) in [6.07, 6.45) is -1.39.